The van der Waals surface area contributed by atoms with Crippen molar-refractivity contribution in [3.63, 3.8) is 0 Å². The first kappa shape index (κ1) is 11.8. The molecule has 2 aromatic rings. The van der Waals surface area contributed by atoms with Gasteiger partial charge in [0.2, 0.25) is 0 Å². The number of nitrogens with zero attached hydrogens (tertiary/aromatic N) is 2. The van der Waals surface area contributed by atoms with Crippen molar-refractivity contribution < 1.29 is 0 Å². The van der Waals surface area contributed by atoms with Crippen molar-refractivity contribution in [2.45, 2.75) is 12.5 Å². The summed E-state index contributed by atoms with van der Waals surface area (Å²) >= 11 is 0. The van der Waals surface area contributed by atoms with E-state index in [4.69, 9.17) is 0 Å². The lowest BCUT2D eigenvalue weighted by Gasteiger charge is -2.26. The van der Waals surface area contributed by atoms with E-state index in [-0.39, 0.29) is 0 Å². The highest BCUT2D eigenvalue weighted by molar-refractivity contribution is 5.81. The monoisotopic (exact) mass is 243 g/mol. The third kappa shape index (κ3) is 1.93. The molecule has 1 aromatic carbocycles. The topological polar surface area (TPSA) is 20.2 Å². The van der Waals surface area contributed by atoms with Gasteiger partial charge in [-0.05, 0) is 44.1 Å². The number of fused-ring (bicyclic) bond motifs is 1. The van der Waals surface area contributed by atoms with Crippen LogP contribution < -0.4 is 5.32 Å². The highest BCUT2D eigenvalue weighted by Crippen LogP contribution is 2.26. The predicted molar refractivity (Wildman–Crippen MR) is 75.8 cm³/mol. The zero-order chi connectivity index (χ0) is 12.5. The van der Waals surface area contributed by atoms with Gasteiger partial charge in [0.1, 0.15) is 0 Å². The summed E-state index contributed by atoms with van der Waals surface area (Å²) in [7, 11) is 4.41. The summed E-state index contributed by atoms with van der Waals surface area (Å²) in [6, 6.07) is 11.4. The van der Waals surface area contributed by atoms with Gasteiger partial charge in [-0.15, -0.1) is 0 Å². The molecule has 1 unspecified atom stereocenters. The number of benzene rings is 1. The molecule has 3 nitrogen and oxygen atoms in total. The number of aryl methyl sites for hydroxylation is 1. The first-order chi connectivity index (χ1) is 8.77. The van der Waals surface area contributed by atoms with Gasteiger partial charge < -0.3 is 9.88 Å². The highest BCUT2D eigenvalue weighted by Gasteiger charge is 2.22. The zero-order valence-electron chi connectivity index (χ0n) is 11.2. The fourth-order valence-corrected chi connectivity index (χ4v) is 2.96. The molecule has 0 amide bonds. The second-order valence-corrected chi connectivity index (χ2v) is 5.24. The number of aromatic nitrogens is 1. The van der Waals surface area contributed by atoms with Crippen molar-refractivity contribution in [1.82, 2.24) is 14.8 Å². The highest BCUT2D eigenvalue weighted by atomic mass is 15.2. The number of likely N-dealkylation sites (N-methyl/N-ethyl adjacent to an activating group) is 1. The molecular weight excluding hydrogens is 222 g/mol. The number of nitrogens with one attached hydrogen (secondary N) is 1. The summed E-state index contributed by atoms with van der Waals surface area (Å²) < 4.78 is 2.34. The molecule has 1 atom stereocenters. The standard InChI is InChI=1S/C15H21N3/c1-17-9-5-8-16-11-15(17)14-10-12-6-3-4-7-13(12)18(14)2/h3-4,6-7,10,15-16H,5,8-9,11H2,1-2H3. The molecule has 0 aliphatic carbocycles. The van der Waals surface area contributed by atoms with Gasteiger partial charge in [-0.25, -0.2) is 0 Å². The Morgan fingerprint density at radius 3 is 2.89 bits per heavy atom. The SMILES string of the molecule is CN1CCCNCC1c1cc2ccccc2n1C. The third-order valence-corrected chi connectivity index (χ3v) is 4.06. The van der Waals surface area contributed by atoms with Crippen LogP contribution in [0.15, 0.2) is 30.3 Å². The van der Waals surface area contributed by atoms with E-state index in [2.05, 4.69) is 59.2 Å². The molecule has 1 aliphatic heterocycles. The van der Waals surface area contributed by atoms with E-state index in [9.17, 15) is 0 Å². The van der Waals surface area contributed by atoms with Crippen LogP contribution >= 0.6 is 0 Å². The Balaban J connectivity index is 2.04. The molecule has 1 fully saturated rings. The molecule has 1 aromatic heterocycles. The maximum absolute atomic E-state index is 3.54. The Bertz CT molecular complexity index is 544. The molecule has 3 heteroatoms. The lowest BCUT2D eigenvalue weighted by Crippen LogP contribution is -2.30. The van der Waals surface area contributed by atoms with Crippen molar-refractivity contribution in [3.05, 3.63) is 36.0 Å². The molecule has 2 heterocycles. The Morgan fingerprint density at radius 1 is 1.22 bits per heavy atom. The smallest absolute Gasteiger partial charge is 0.0624 e. The van der Waals surface area contributed by atoms with Gasteiger partial charge in [0.25, 0.3) is 0 Å². The fourth-order valence-electron chi connectivity index (χ4n) is 2.96. The summed E-state index contributed by atoms with van der Waals surface area (Å²) in [4.78, 5) is 2.47. The van der Waals surface area contributed by atoms with E-state index >= 15 is 0 Å². The average Bonchev–Trinajstić information content (AvgIpc) is 2.57. The first-order valence-corrected chi connectivity index (χ1v) is 6.72. The van der Waals surface area contributed by atoms with Gasteiger partial charge in [-0.1, -0.05) is 18.2 Å². The van der Waals surface area contributed by atoms with Gasteiger partial charge >= 0.3 is 0 Å². The molecule has 18 heavy (non-hydrogen) atoms. The van der Waals surface area contributed by atoms with Crippen LogP contribution in [0, 0.1) is 0 Å². The Labute approximate surface area is 108 Å². The minimum Gasteiger partial charge on any atom is -0.346 e. The van der Waals surface area contributed by atoms with Crippen LogP contribution in [0.4, 0.5) is 0 Å². The molecule has 96 valence electrons. The predicted octanol–water partition coefficient (Wildman–Crippen LogP) is 2.14. The van der Waals surface area contributed by atoms with Crippen molar-refractivity contribution in [3.8, 4) is 0 Å². The number of para-hydroxylation sites is 1. The number of hydrogen-bond acceptors (Lipinski definition) is 2. The second-order valence-electron chi connectivity index (χ2n) is 5.24. The van der Waals surface area contributed by atoms with Crippen molar-refractivity contribution in [2.24, 2.45) is 7.05 Å². The molecule has 0 radical (unpaired) electrons. The Morgan fingerprint density at radius 2 is 2.06 bits per heavy atom. The molecule has 1 N–H and O–H groups in total. The fraction of sp³-hybridized carbons (Fsp3) is 0.467. The van der Waals surface area contributed by atoms with Crippen LogP contribution in [0.1, 0.15) is 18.2 Å². The molecule has 0 saturated carbocycles. The largest absolute Gasteiger partial charge is 0.346 e. The van der Waals surface area contributed by atoms with E-state index in [0.29, 0.717) is 6.04 Å². The van der Waals surface area contributed by atoms with Gasteiger partial charge in [0, 0.05) is 24.8 Å². The van der Waals surface area contributed by atoms with Crippen LogP contribution in [0.2, 0.25) is 0 Å². The minimum absolute atomic E-state index is 0.477. The van der Waals surface area contributed by atoms with Crippen LogP contribution in [0.3, 0.4) is 0 Å². The summed E-state index contributed by atoms with van der Waals surface area (Å²) in [5.41, 5.74) is 2.73. The number of rotatable bonds is 1. The zero-order valence-corrected chi connectivity index (χ0v) is 11.2. The van der Waals surface area contributed by atoms with Crippen LogP contribution in [0.5, 0.6) is 0 Å². The first-order valence-electron chi connectivity index (χ1n) is 6.72. The van der Waals surface area contributed by atoms with Crippen molar-refractivity contribution >= 4 is 10.9 Å². The van der Waals surface area contributed by atoms with Gasteiger partial charge in [0.05, 0.1) is 6.04 Å². The van der Waals surface area contributed by atoms with Crippen LogP contribution in [0.25, 0.3) is 10.9 Å². The Kier molecular flexibility index (Phi) is 3.10. The van der Waals surface area contributed by atoms with Gasteiger partial charge in [-0.3, -0.25) is 4.90 Å². The summed E-state index contributed by atoms with van der Waals surface area (Å²) in [5, 5.41) is 4.88. The van der Waals surface area contributed by atoms with E-state index in [1.807, 2.05) is 0 Å². The third-order valence-electron chi connectivity index (χ3n) is 4.06. The lowest BCUT2D eigenvalue weighted by atomic mass is 10.1. The summed E-state index contributed by atoms with van der Waals surface area (Å²) in [6.07, 6.45) is 1.23. The number of hydrogen-bond donors (Lipinski definition) is 1. The van der Waals surface area contributed by atoms with E-state index < -0.39 is 0 Å². The quantitative estimate of drug-likeness (QED) is 0.828. The summed E-state index contributed by atoms with van der Waals surface area (Å²) in [6.45, 7) is 3.34. The molecule has 1 saturated heterocycles. The summed E-state index contributed by atoms with van der Waals surface area (Å²) in [5.74, 6) is 0. The normalized spacial score (nSPS) is 22.2. The van der Waals surface area contributed by atoms with E-state index in [1.165, 1.54) is 29.6 Å². The minimum atomic E-state index is 0.477. The lowest BCUT2D eigenvalue weighted by molar-refractivity contribution is 0.253. The van der Waals surface area contributed by atoms with E-state index in [1.54, 1.807) is 0 Å². The van der Waals surface area contributed by atoms with Gasteiger partial charge in [-0.2, -0.15) is 0 Å². The Hall–Kier alpha value is -1.32. The van der Waals surface area contributed by atoms with Crippen molar-refractivity contribution in [2.75, 3.05) is 26.7 Å². The maximum Gasteiger partial charge on any atom is 0.0624 e. The molecule has 3 rings (SSSR count). The second kappa shape index (κ2) is 4.75. The van der Waals surface area contributed by atoms with Gasteiger partial charge in [0.15, 0.2) is 0 Å². The van der Waals surface area contributed by atoms with Crippen LogP contribution in [-0.4, -0.2) is 36.1 Å². The molecular formula is C15H21N3. The van der Waals surface area contributed by atoms with E-state index in [0.717, 1.165) is 13.1 Å². The molecule has 0 bridgehead atoms. The molecule has 0 spiro atoms. The van der Waals surface area contributed by atoms with Crippen LogP contribution in [-0.2, 0) is 7.05 Å². The molecule has 1 aliphatic rings. The van der Waals surface area contributed by atoms with Crippen molar-refractivity contribution in [1.29, 1.82) is 0 Å². The average molecular weight is 243 g/mol. The maximum atomic E-state index is 3.54.